The van der Waals surface area contributed by atoms with Crippen LogP contribution in [-0.4, -0.2) is 0 Å². The third kappa shape index (κ3) is 1.88. The predicted molar refractivity (Wildman–Crippen MR) is 54.6 cm³/mol. The Morgan fingerprint density at radius 1 is 0.923 bits per heavy atom. The average molecular weight is 178 g/mol. The average Bonchev–Trinajstić information content (AvgIpc) is 2.17. The highest BCUT2D eigenvalue weighted by atomic mass is 14.6. The van der Waals surface area contributed by atoms with Crippen molar-refractivity contribution in [2.45, 2.75) is 19.6 Å². The minimum atomic E-state index is 0.471. The molecule has 0 heterocycles. The molecule has 0 atom stereocenters. The van der Waals surface area contributed by atoms with Crippen molar-refractivity contribution in [1.29, 1.82) is 0 Å². The van der Waals surface area contributed by atoms with Crippen LogP contribution in [0.3, 0.4) is 0 Å². The van der Waals surface area contributed by atoms with E-state index in [2.05, 4.69) is 6.92 Å². The van der Waals surface area contributed by atoms with E-state index in [-0.39, 0.29) is 0 Å². The van der Waals surface area contributed by atoms with Crippen molar-refractivity contribution in [3.05, 3.63) is 41.3 Å². The molecule has 0 aliphatic rings. The van der Waals surface area contributed by atoms with E-state index in [0.717, 1.165) is 22.3 Å². The van der Waals surface area contributed by atoms with Gasteiger partial charge in [0.15, 0.2) is 0 Å². The molecule has 0 bridgehead atoms. The number of benzene rings is 1. The molecule has 0 spiro atoms. The molecule has 1 aromatic rings. The third-order valence-corrected chi connectivity index (χ3v) is 2.27. The molecule has 13 heavy (non-hydrogen) atoms. The quantitative estimate of drug-likeness (QED) is 0.620. The van der Waals surface area contributed by atoms with Crippen LogP contribution in [0, 0.1) is 6.92 Å². The van der Waals surface area contributed by atoms with Crippen LogP contribution in [0.25, 0.3) is 0 Å². The second kappa shape index (κ2) is 4.37. The van der Waals surface area contributed by atoms with Crippen molar-refractivity contribution in [3.63, 3.8) is 0 Å². The lowest BCUT2D eigenvalue weighted by Gasteiger charge is -2.12. The lowest BCUT2D eigenvalue weighted by molar-refractivity contribution is 0.951. The molecule has 3 heteroatoms. The van der Waals surface area contributed by atoms with Gasteiger partial charge in [-0.25, -0.2) is 0 Å². The normalized spacial score (nSPS) is 10.5. The van der Waals surface area contributed by atoms with Gasteiger partial charge in [-0.15, -0.1) is 0 Å². The molecule has 0 aliphatic heterocycles. The summed E-state index contributed by atoms with van der Waals surface area (Å²) in [4.78, 5) is 0. The molecule has 0 amide bonds. The fourth-order valence-electron chi connectivity index (χ4n) is 1.43. The highest BCUT2D eigenvalue weighted by Crippen LogP contribution is 2.17. The van der Waals surface area contributed by atoms with E-state index in [1.165, 1.54) is 0 Å². The van der Waals surface area contributed by atoms with Gasteiger partial charge >= 0.3 is 0 Å². The summed E-state index contributed by atoms with van der Waals surface area (Å²) in [5, 5.41) is 0. The molecule has 0 unspecified atom stereocenters. The van der Waals surface area contributed by atoms with Crippen LogP contribution in [0.1, 0.15) is 22.3 Å². The predicted octanol–water partition coefficient (Wildman–Crippen LogP) is 0.245. The second-order valence-corrected chi connectivity index (χ2v) is 2.95. The summed E-state index contributed by atoms with van der Waals surface area (Å²) in [6.45, 7) is 5.42. The molecule has 0 aliphatic carbocycles. The van der Waals surface area contributed by atoms with E-state index in [4.69, 9.17) is 17.2 Å². The first-order valence-corrected chi connectivity index (χ1v) is 4.30. The molecule has 1 radical (unpaired) electrons. The molecule has 0 fully saturated rings. The van der Waals surface area contributed by atoms with Crippen molar-refractivity contribution >= 4 is 0 Å². The summed E-state index contributed by atoms with van der Waals surface area (Å²) in [5.74, 6) is 0. The second-order valence-electron chi connectivity index (χ2n) is 2.95. The summed E-state index contributed by atoms with van der Waals surface area (Å²) < 4.78 is 0. The Labute approximate surface area is 78.9 Å². The summed E-state index contributed by atoms with van der Waals surface area (Å²) in [7, 11) is 0. The number of hydrogen-bond donors (Lipinski definition) is 3. The summed E-state index contributed by atoms with van der Waals surface area (Å²) >= 11 is 0. The smallest absolute Gasteiger partial charge is 0.0184 e. The van der Waals surface area contributed by atoms with Crippen molar-refractivity contribution in [2.75, 3.05) is 0 Å². The zero-order valence-corrected chi connectivity index (χ0v) is 7.72. The Morgan fingerprint density at radius 2 is 1.46 bits per heavy atom. The molecule has 1 rings (SSSR count). The van der Waals surface area contributed by atoms with E-state index >= 15 is 0 Å². The fraction of sp³-hybridized carbons (Fsp3) is 0.300. The van der Waals surface area contributed by atoms with Crippen LogP contribution in [0.2, 0.25) is 0 Å². The van der Waals surface area contributed by atoms with Crippen molar-refractivity contribution < 1.29 is 0 Å². The summed E-state index contributed by atoms with van der Waals surface area (Å²) in [6, 6.07) is 3.93. The van der Waals surface area contributed by atoms with Crippen LogP contribution in [-0.2, 0) is 19.6 Å². The maximum absolute atomic E-state index is 5.61. The Morgan fingerprint density at radius 3 is 1.92 bits per heavy atom. The fourth-order valence-corrected chi connectivity index (χ4v) is 1.43. The lowest BCUT2D eigenvalue weighted by atomic mass is 9.97. The summed E-state index contributed by atoms with van der Waals surface area (Å²) in [6.07, 6.45) is 0. The first kappa shape index (κ1) is 10.2. The van der Waals surface area contributed by atoms with E-state index < -0.39 is 0 Å². The maximum atomic E-state index is 5.61. The van der Waals surface area contributed by atoms with Crippen molar-refractivity contribution in [3.8, 4) is 0 Å². The van der Waals surface area contributed by atoms with E-state index in [9.17, 15) is 0 Å². The van der Waals surface area contributed by atoms with Crippen molar-refractivity contribution in [2.24, 2.45) is 17.2 Å². The topological polar surface area (TPSA) is 78.1 Å². The molecule has 0 saturated carbocycles. The molecule has 6 N–H and O–H groups in total. The van der Waals surface area contributed by atoms with E-state index in [1.54, 1.807) is 0 Å². The maximum Gasteiger partial charge on any atom is 0.0184 e. The van der Waals surface area contributed by atoms with Gasteiger partial charge in [-0.3, -0.25) is 0 Å². The van der Waals surface area contributed by atoms with Gasteiger partial charge in [0.25, 0.3) is 0 Å². The van der Waals surface area contributed by atoms with Crippen LogP contribution >= 0.6 is 0 Å². The van der Waals surface area contributed by atoms with Crippen LogP contribution in [0.5, 0.6) is 0 Å². The Kier molecular flexibility index (Phi) is 3.42. The Balaban J connectivity index is 3.23. The number of rotatable bonds is 3. The largest absolute Gasteiger partial charge is 0.326 e. The minimum absolute atomic E-state index is 0.471. The SMILES string of the molecule is [CH2]c1c(CN)ccc(CN)c1CN. The minimum Gasteiger partial charge on any atom is -0.326 e. The Bertz CT molecular complexity index is 294. The van der Waals surface area contributed by atoms with Gasteiger partial charge in [0.2, 0.25) is 0 Å². The van der Waals surface area contributed by atoms with Crippen LogP contribution in [0.15, 0.2) is 12.1 Å². The van der Waals surface area contributed by atoms with E-state index in [1.807, 2.05) is 12.1 Å². The summed E-state index contributed by atoms with van der Waals surface area (Å²) in [5.41, 5.74) is 20.8. The zero-order chi connectivity index (χ0) is 9.84. The molecule has 0 saturated heterocycles. The van der Waals surface area contributed by atoms with Crippen LogP contribution < -0.4 is 17.2 Å². The Hall–Kier alpha value is -0.900. The van der Waals surface area contributed by atoms with Gasteiger partial charge in [0.05, 0.1) is 0 Å². The molecular formula is C10H16N3. The zero-order valence-electron chi connectivity index (χ0n) is 7.72. The molecule has 3 nitrogen and oxygen atoms in total. The van der Waals surface area contributed by atoms with Gasteiger partial charge in [-0.2, -0.15) is 0 Å². The molecule has 71 valence electrons. The van der Waals surface area contributed by atoms with Crippen molar-refractivity contribution in [1.82, 2.24) is 0 Å². The molecule has 0 aromatic heterocycles. The third-order valence-electron chi connectivity index (χ3n) is 2.27. The highest BCUT2D eigenvalue weighted by Gasteiger charge is 2.06. The van der Waals surface area contributed by atoms with Gasteiger partial charge in [0, 0.05) is 19.6 Å². The molecule has 1 aromatic carbocycles. The lowest BCUT2D eigenvalue weighted by Crippen LogP contribution is -2.11. The van der Waals surface area contributed by atoms with E-state index in [0.29, 0.717) is 19.6 Å². The van der Waals surface area contributed by atoms with Gasteiger partial charge in [-0.1, -0.05) is 12.1 Å². The van der Waals surface area contributed by atoms with Gasteiger partial charge in [0.1, 0.15) is 0 Å². The number of nitrogens with two attached hydrogens (primary N) is 3. The van der Waals surface area contributed by atoms with Crippen LogP contribution in [0.4, 0.5) is 0 Å². The monoisotopic (exact) mass is 178 g/mol. The van der Waals surface area contributed by atoms with Gasteiger partial charge < -0.3 is 17.2 Å². The molecular weight excluding hydrogens is 162 g/mol. The highest BCUT2D eigenvalue weighted by molar-refractivity contribution is 5.42. The number of hydrogen-bond acceptors (Lipinski definition) is 3. The first-order valence-electron chi connectivity index (χ1n) is 4.30. The standard InChI is InChI=1S/C10H16N3/c1-7-8(4-11)2-3-9(5-12)10(7)6-13/h2-3H,1,4-6,11-13H2. The van der Waals surface area contributed by atoms with Gasteiger partial charge in [-0.05, 0) is 29.2 Å². The first-order chi connectivity index (χ1) is 6.24.